The first-order valence-corrected chi connectivity index (χ1v) is 7.33. The van der Waals surface area contributed by atoms with E-state index >= 15 is 0 Å². The van der Waals surface area contributed by atoms with Gasteiger partial charge in [0.25, 0.3) is 0 Å². The molecule has 0 aliphatic carbocycles. The van der Waals surface area contributed by atoms with E-state index < -0.39 is 5.97 Å². The van der Waals surface area contributed by atoms with Gasteiger partial charge in [0.1, 0.15) is 11.3 Å². The number of pyridine rings is 1. The van der Waals surface area contributed by atoms with Crippen molar-refractivity contribution in [1.82, 2.24) is 9.38 Å². The molecule has 4 nitrogen and oxygen atoms in total. The lowest BCUT2D eigenvalue weighted by molar-refractivity contribution is 0.0689. The third-order valence-corrected chi connectivity index (χ3v) is 3.79. The van der Waals surface area contributed by atoms with Gasteiger partial charge in [-0.2, -0.15) is 0 Å². The quantitative estimate of drug-likeness (QED) is 0.797. The van der Waals surface area contributed by atoms with Crippen LogP contribution >= 0.6 is 0 Å². The maximum absolute atomic E-state index is 11.2. The van der Waals surface area contributed by atoms with Crippen molar-refractivity contribution >= 4 is 11.6 Å². The molecule has 0 aliphatic heterocycles. The summed E-state index contributed by atoms with van der Waals surface area (Å²) in [6.45, 7) is 4.34. The Morgan fingerprint density at radius 2 is 1.91 bits per heavy atom. The lowest BCUT2D eigenvalue weighted by atomic mass is 10.0. The molecular weight excluding hydrogens is 276 g/mol. The number of nitrogens with zero attached hydrogens (tertiary/aromatic N) is 2. The summed E-state index contributed by atoms with van der Waals surface area (Å²) in [6.07, 6.45) is 2.49. The molecule has 2 heterocycles. The molecule has 3 aromatic rings. The van der Waals surface area contributed by atoms with Crippen LogP contribution in [0.1, 0.15) is 47.1 Å². The monoisotopic (exact) mass is 294 g/mol. The number of carboxylic acids is 1. The SMILES string of the molecule is CC(C)c1ccc(Cc2cn3c(C(=O)O)cccc3n2)cc1. The summed E-state index contributed by atoms with van der Waals surface area (Å²) < 4.78 is 1.63. The van der Waals surface area contributed by atoms with Crippen LogP contribution in [0.15, 0.2) is 48.7 Å². The first-order valence-electron chi connectivity index (χ1n) is 7.33. The van der Waals surface area contributed by atoms with Crippen molar-refractivity contribution in [3.63, 3.8) is 0 Å². The molecule has 22 heavy (non-hydrogen) atoms. The van der Waals surface area contributed by atoms with Crippen LogP contribution in [-0.4, -0.2) is 20.5 Å². The molecule has 0 spiro atoms. The van der Waals surface area contributed by atoms with E-state index in [9.17, 15) is 9.90 Å². The highest BCUT2D eigenvalue weighted by Crippen LogP contribution is 2.17. The topological polar surface area (TPSA) is 54.6 Å². The number of aromatic nitrogens is 2. The summed E-state index contributed by atoms with van der Waals surface area (Å²) in [5, 5.41) is 9.22. The lowest BCUT2D eigenvalue weighted by Gasteiger charge is -2.05. The molecule has 0 bridgehead atoms. The van der Waals surface area contributed by atoms with Gasteiger partial charge in [0, 0.05) is 12.6 Å². The summed E-state index contributed by atoms with van der Waals surface area (Å²) in [5.41, 5.74) is 4.24. The highest BCUT2D eigenvalue weighted by Gasteiger charge is 2.10. The maximum Gasteiger partial charge on any atom is 0.352 e. The summed E-state index contributed by atoms with van der Waals surface area (Å²) in [7, 11) is 0. The van der Waals surface area contributed by atoms with Gasteiger partial charge in [0.05, 0.1) is 5.69 Å². The standard InChI is InChI=1S/C18H18N2O2/c1-12(2)14-8-6-13(7-9-14)10-15-11-20-16(18(21)22)4-3-5-17(20)19-15/h3-9,11-12H,10H2,1-2H3,(H,21,22). The Morgan fingerprint density at radius 3 is 2.55 bits per heavy atom. The maximum atomic E-state index is 11.2. The summed E-state index contributed by atoms with van der Waals surface area (Å²) in [5.74, 6) is -0.432. The molecule has 0 aliphatic rings. The van der Waals surface area contributed by atoms with Crippen LogP contribution in [0.25, 0.3) is 5.65 Å². The van der Waals surface area contributed by atoms with Crippen LogP contribution in [0, 0.1) is 0 Å². The fraction of sp³-hybridized carbons (Fsp3) is 0.222. The minimum Gasteiger partial charge on any atom is -0.477 e. The number of benzene rings is 1. The van der Waals surface area contributed by atoms with Gasteiger partial charge in [0.2, 0.25) is 0 Å². The number of carbonyl (C=O) groups is 1. The van der Waals surface area contributed by atoms with Crippen molar-refractivity contribution in [3.8, 4) is 0 Å². The van der Waals surface area contributed by atoms with E-state index in [0.29, 0.717) is 18.0 Å². The van der Waals surface area contributed by atoms with Gasteiger partial charge in [-0.3, -0.25) is 4.40 Å². The first kappa shape index (κ1) is 14.3. The molecule has 112 valence electrons. The largest absolute Gasteiger partial charge is 0.477 e. The Balaban J connectivity index is 1.91. The van der Waals surface area contributed by atoms with E-state index in [1.807, 2.05) is 6.07 Å². The normalized spacial score (nSPS) is 11.2. The average Bonchev–Trinajstić information content (AvgIpc) is 2.89. The molecule has 3 rings (SSSR count). The van der Waals surface area contributed by atoms with Crippen molar-refractivity contribution in [2.24, 2.45) is 0 Å². The Labute approximate surface area is 129 Å². The van der Waals surface area contributed by atoms with Crippen LogP contribution in [0.5, 0.6) is 0 Å². The Bertz CT molecular complexity index is 817. The van der Waals surface area contributed by atoms with E-state index in [0.717, 1.165) is 5.69 Å². The molecule has 0 saturated carbocycles. The predicted molar refractivity (Wildman–Crippen MR) is 85.5 cm³/mol. The van der Waals surface area contributed by atoms with E-state index in [2.05, 4.69) is 43.1 Å². The summed E-state index contributed by atoms with van der Waals surface area (Å²) >= 11 is 0. The van der Waals surface area contributed by atoms with Crippen molar-refractivity contribution < 1.29 is 9.90 Å². The molecule has 1 aromatic carbocycles. The van der Waals surface area contributed by atoms with E-state index in [4.69, 9.17) is 0 Å². The Kier molecular flexibility index (Phi) is 3.67. The zero-order valence-electron chi connectivity index (χ0n) is 12.7. The van der Waals surface area contributed by atoms with Crippen molar-refractivity contribution in [1.29, 1.82) is 0 Å². The van der Waals surface area contributed by atoms with Crippen LogP contribution in [-0.2, 0) is 6.42 Å². The van der Waals surface area contributed by atoms with Gasteiger partial charge in [-0.25, -0.2) is 9.78 Å². The number of fused-ring (bicyclic) bond motifs is 1. The fourth-order valence-electron chi connectivity index (χ4n) is 2.55. The number of imidazole rings is 1. The molecule has 0 saturated heterocycles. The molecule has 0 atom stereocenters. The zero-order valence-corrected chi connectivity index (χ0v) is 12.7. The molecule has 0 radical (unpaired) electrons. The number of hydrogen-bond acceptors (Lipinski definition) is 2. The van der Waals surface area contributed by atoms with Gasteiger partial charge in [-0.05, 0) is 29.2 Å². The van der Waals surface area contributed by atoms with Crippen molar-refractivity contribution in [3.05, 3.63) is 71.2 Å². The predicted octanol–water partition coefficient (Wildman–Crippen LogP) is 3.75. The number of aromatic carboxylic acids is 1. The fourth-order valence-corrected chi connectivity index (χ4v) is 2.55. The minimum absolute atomic E-state index is 0.228. The van der Waals surface area contributed by atoms with E-state index in [-0.39, 0.29) is 5.69 Å². The lowest BCUT2D eigenvalue weighted by Crippen LogP contribution is -2.03. The highest BCUT2D eigenvalue weighted by atomic mass is 16.4. The molecule has 0 unspecified atom stereocenters. The van der Waals surface area contributed by atoms with E-state index in [1.165, 1.54) is 11.1 Å². The molecule has 1 N–H and O–H groups in total. The summed E-state index contributed by atoms with van der Waals surface area (Å²) in [4.78, 5) is 15.7. The van der Waals surface area contributed by atoms with Gasteiger partial charge in [-0.1, -0.05) is 44.2 Å². The third-order valence-electron chi connectivity index (χ3n) is 3.79. The van der Waals surface area contributed by atoms with Gasteiger partial charge >= 0.3 is 5.97 Å². The second kappa shape index (κ2) is 5.64. The van der Waals surface area contributed by atoms with E-state index in [1.54, 1.807) is 22.7 Å². The number of rotatable bonds is 4. The number of hydrogen-bond donors (Lipinski definition) is 1. The molecular formula is C18H18N2O2. The van der Waals surface area contributed by atoms with Crippen molar-refractivity contribution in [2.45, 2.75) is 26.2 Å². The first-order chi connectivity index (χ1) is 10.5. The van der Waals surface area contributed by atoms with Crippen molar-refractivity contribution in [2.75, 3.05) is 0 Å². The Hall–Kier alpha value is -2.62. The smallest absolute Gasteiger partial charge is 0.352 e. The van der Waals surface area contributed by atoms with Gasteiger partial charge in [-0.15, -0.1) is 0 Å². The van der Waals surface area contributed by atoms with Crippen LogP contribution < -0.4 is 0 Å². The third kappa shape index (κ3) is 2.72. The highest BCUT2D eigenvalue weighted by molar-refractivity contribution is 5.86. The van der Waals surface area contributed by atoms with Crippen LogP contribution in [0.4, 0.5) is 0 Å². The number of carboxylic acid groups (broad SMARTS) is 1. The van der Waals surface area contributed by atoms with Gasteiger partial charge < -0.3 is 5.11 Å². The Morgan fingerprint density at radius 1 is 1.18 bits per heavy atom. The second-order valence-electron chi connectivity index (χ2n) is 5.75. The average molecular weight is 294 g/mol. The minimum atomic E-state index is -0.948. The summed E-state index contributed by atoms with van der Waals surface area (Å²) in [6, 6.07) is 13.6. The molecule has 0 fully saturated rings. The van der Waals surface area contributed by atoms with Gasteiger partial charge in [0.15, 0.2) is 0 Å². The molecule has 0 amide bonds. The van der Waals surface area contributed by atoms with Crippen LogP contribution in [0.2, 0.25) is 0 Å². The zero-order chi connectivity index (χ0) is 15.7. The molecule has 4 heteroatoms. The molecule has 2 aromatic heterocycles. The van der Waals surface area contributed by atoms with Crippen LogP contribution in [0.3, 0.4) is 0 Å². The second-order valence-corrected chi connectivity index (χ2v) is 5.75.